The third-order valence-electron chi connectivity index (χ3n) is 5.58. The summed E-state index contributed by atoms with van der Waals surface area (Å²) in [5.41, 5.74) is 1.37. The normalized spacial score (nSPS) is 25.8. The van der Waals surface area contributed by atoms with Crippen molar-refractivity contribution in [3.05, 3.63) is 35.9 Å². The fraction of sp³-hybridized carbons (Fsp3) is 0.650. The highest BCUT2D eigenvalue weighted by atomic mass is 35.5. The molecule has 3 atom stereocenters. The molecule has 2 heterocycles. The third kappa shape index (κ3) is 7.13. The molecule has 0 saturated carbocycles. The molecule has 2 fully saturated rings. The predicted molar refractivity (Wildman–Crippen MR) is 120 cm³/mol. The minimum absolute atomic E-state index is 0. The van der Waals surface area contributed by atoms with E-state index in [0.717, 1.165) is 44.0 Å². The van der Waals surface area contributed by atoms with Crippen molar-refractivity contribution in [1.82, 2.24) is 15.1 Å². The Kier molecular flexibility index (Phi) is 11.1. The molecule has 1 aromatic rings. The van der Waals surface area contributed by atoms with Gasteiger partial charge in [-0.05, 0) is 25.3 Å². The molecule has 3 unspecified atom stereocenters. The first-order valence-corrected chi connectivity index (χ1v) is 10.6. The van der Waals surface area contributed by atoms with E-state index in [1.54, 1.807) is 0 Å². The van der Waals surface area contributed by atoms with Gasteiger partial charge in [-0.2, -0.15) is 11.8 Å². The Hall–Kier alpha value is -0.460. The molecule has 4 nitrogen and oxygen atoms in total. The smallest absolute Gasteiger partial charge is 0.224 e. The fourth-order valence-electron chi connectivity index (χ4n) is 3.91. The predicted octanol–water partition coefficient (Wildman–Crippen LogP) is 3.44. The number of carbonyl (C=O) groups excluding carboxylic acids is 1. The van der Waals surface area contributed by atoms with E-state index in [0.29, 0.717) is 30.5 Å². The van der Waals surface area contributed by atoms with Gasteiger partial charge in [0, 0.05) is 62.7 Å². The monoisotopic (exact) mass is 433 g/mol. The molecule has 154 valence electrons. The number of rotatable bonds is 5. The van der Waals surface area contributed by atoms with Crippen LogP contribution in [0.3, 0.4) is 0 Å². The van der Waals surface area contributed by atoms with E-state index in [2.05, 4.69) is 47.5 Å². The highest BCUT2D eigenvalue weighted by Crippen LogP contribution is 2.24. The molecule has 27 heavy (non-hydrogen) atoms. The van der Waals surface area contributed by atoms with E-state index < -0.39 is 0 Å². The Morgan fingerprint density at radius 1 is 1.30 bits per heavy atom. The lowest BCUT2D eigenvalue weighted by molar-refractivity contribution is -0.133. The second-order valence-electron chi connectivity index (χ2n) is 7.42. The summed E-state index contributed by atoms with van der Waals surface area (Å²) < 4.78 is 0. The molecule has 2 saturated heterocycles. The molecule has 0 radical (unpaired) electrons. The van der Waals surface area contributed by atoms with Crippen molar-refractivity contribution in [2.75, 3.05) is 31.6 Å². The number of amides is 1. The first kappa shape index (κ1) is 24.6. The molecule has 0 bridgehead atoms. The summed E-state index contributed by atoms with van der Waals surface area (Å²) in [4.78, 5) is 17.2. The second kappa shape index (κ2) is 12.2. The van der Waals surface area contributed by atoms with Crippen molar-refractivity contribution in [3.8, 4) is 0 Å². The summed E-state index contributed by atoms with van der Waals surface area (Å²) >= 11 is 1.95. The van der Waals surface area contributed by atoms with Gasteiger partial charge in [-0.15, -0.1) is 24.8 Å². The fourth-order valence-corrected chi connectivity index (χ4v) is 4.86. The van der Waals surface area contributed by atoms with Crippen LogP contribution in [-0.2, 0) is 11.3 Å². The van der Waals surface area contributed by atoms with Crippen LogP contribution in [0.2, 0.25) is 0 Å². The van der Waals surface area contributed by atoms with Gasteiger partial charge in [-0.25, -0.2) is 0 Å². The molecule has 2 aliphatic heterocycles. The Morgan fingerprint density at radius 2 is 2.04 bits per heavy atom. The van der Waals surface area contributed by atoms with E-state index in [1.807, 2.05) is 23.7 Å². The van der Waals surface area contributed by atoms with Crippen LogP contribution in [0.4, 0.5) is 0 Å². The molecule has 7 heteroatoms. The van der Waals surface area contributed by atoms with Crippen molar-refractivity contribution in [2.45, 2.75) is 50.9 Å². The van der Waals surface area contributed by atoms with Crippen LogP contribution in [0, 0.1) is 0 Å². The van der Waals surface area contributed by atoms with Crippen molar-refractivity contribution < 1.29 is 4.79 Å². The zero-order chi connectivity index (χ0) is 17.6. The molecule has 1 amide bonds. The van der Waals surface area contributed by atoms with Gasteiger partial charge in [-0.3, -0.25) is 9.69 Å². The molecular weight excluding hydrogens is 401 g/mol. The lowest BCUT2D eigenvalue weighted by Gasteiger charge is -2.41. The first-order valence-electron chi connectivity index (χ1n) is 9.48. The number of hydrogen-bond donors (Lipinski definition) is 1. The van der Waals surface area contributed by atoms with Crippen molar-refractivity contribution in [2.24, 2.45) is 0 Å². The Labute approximate surface area is 180 Å². The zero-order valence-corrected chi connectivity index (χ0v) is 18.8. The maximum Gasteiger partial charge on any atom is 0.224 e. The Bertz CT molecular complexity index is 557. The number of nitrogens with one attached hydrogen (secondary N) is 1. The summed E-state index contributed by atoms with van der Waals surface area (Å²) in [6.45, 7) is 5.40. The molecule has 1 N–H and O–H groups in total. The van der Waals surface area contributed by atoms with Gasteiger partial charge < -0.3 is 10.2 Å². The maximum absolute atomic E-state index is 12.7. The Morgan fingerprint density at radius 3 is 2.67 bits per heavy atom. The Balaban J connectivity index is 0.00000182. The summed E-state index contributed by atoms with van der Waals surface area (Å²) in [6.07, 6.45) is 2.79. The van der Waals surface area contributed by atoms with Gasteiger partial charge in [0.25, 0.3) is 0 Å². The molecule has 1 aromatic carbocycles. The number of halogens is 2. The van der Waals surface area contributed by atoms with Crippen LogP contribution < -0.4 is 5.32 Å². The van der Waals surface area contributed by atoms with Crippen LogP contribution in [0.1, 0.15) is 31.7 Å². The minimum atomic E-state index is 0. The average Bonchev–Trinajstić information content (AvgIpc) is 2.64. The molecule has 3 rings (SSSR count). The lowest BCUT2D eigenvalue weighted by atomic mass is 9.96. The summed E-state index contributed by atoms with van der Waals surface area (Å²) in [7, 11) is 2.00. The van der Waals surface area contributed by atoms with Gasteiger partial charge in [0.15, 0.2) is 0 Å². The average molecular weight is 434 g/mol. The first-order chi connectivity index (χ1) is 12.1. The van der Waals surface area contributed by atoms with Crippen molar-refractivity contribution in [1.29, 1.82) is 0 Å². The van der Waals surface area contributed by atoms with Crippen LogP contribution in [0.15, 0.2) is 30.3 Å². The summed E-state index contributed by atoms with van der Waals surface area (Å²) in [5.74, 6) is 2.53. The molecule has 0 aliphatic carbocycles. The topological polar surface area (TPSA) is 35.6 Å². The SMILES string of the molecule is CC1CC(N(C)C(=O)CC2CSCCN2)CCN1Cc1ccccc1.Cl.Cl. The molecule has 2 aliphatic rings. The van der Waals surface area contributed by atoms with Gasteiger partial charge in [0.1, 0.15) is 0 Å². The van der Waals surface area contributed by atoms with E-state index in [-0.39, 0.29) is 24.8 Å². The number of benzene rings is 1. The van der Waals surface area contributed by atoms with E-state index in [4.69, 9.17) is 0 Å². The van der Waals surface area contributed by atoms with Crippen LogP contribution >= 0.6 is 36.6 Å². The lowest BCUT2D eigenvalue weighted by Crippen LogP contribution is -2.50. The van der Waals surface area contributed by atoms with Crippen LogP contribution in [-0.4, -0.2) is 65.5 Å². The molecular formula is C20H33Cl2N3OS. The molecule has 0 spiro atoms. The highest BCUT2D eigenvalue weighted by molar-refractivity contribution is 7.99. The van der Waals surface area contributed by atoms with E-state index in [9.17, 15) is 4.79 Å². The van der Waals surface area contributed by atoms with Crippen LogP contribution in [0.25, 0.3) is 0 Å². The number of piperidine rings is 1. The summed E-state index contributed by atoms with van der Waals surface area (Å²) in [6, 6.07) is 11.9. The second-order valence-corrected chi connectivity index (χ2v) is 8.57. The highest BCUT2D eigenvalue weighted by Gasteiger charge is 2.30. The van der Waals surface area contributed by atoms with Gasteiger partial charge in [-0.1, -0.05) is 30.3 Å². The molecule has 0 aromatic heterocycles. The van der Waals surface area contributed by atoms with Crippen LogP contribution in [0.5, 0.6) is 0 Å². The zero-order valence-electron chi connectivity index (χ0n) is 16.3. The minimum Gasteiger partial charge on any atom is -0.343 e. The number of nitrogens with zero attached hydrogens (tertiary/aromatic N) is 2. The number of thioether (sulfide) groups is 1. The van der Waals surface area contributed by atoms with Gasteiger partial charge in [0.05, 0.1) is 0 Å². The van der Waals surface area contributed by atoms with Gasteiger partial charge in [0.2, 0.25) is 5.91 Å². The summed E-state index contributed by atoms with van der Waals surface area (Å²) in [5, 5.41) is 3.47. The maximum atomic E-state index is 12.7. The third-order valence-corrected chi connectivity index (χ3v) is 6.71. The van der Waals surface area contributed by atoms with E-state index >= 15 is 0 Å². The van der Waals surface area contributed by atoms with Crippen molar-refractivity contribution >= 4 is 42.5 Å². The standard InChI is InChI=1S/C20H31N3OS.2ClH/c1-16-12-19(8-10-23(16)14-17-6-4-3-5-7-17)22(2)20(24)13-18-15-25-11-9-21-18;;/h3-7,16,18-19,21H,8-15H2,1-2H3;2*1H. The van der Waals surface area contributed by atoms with Gasteiger partial charge >= 0.3 is 0 Å². The number of likely N-dealkylation sites (tertiary alicyclic amines) is 1. The number of carbonyl (C=O) groups is 1. The largest absolute Gasteiger partial charge is 0.343 e. The van der Waals surface area contributed by atoms with Crippen molar-refractivity contribution in [3.63, 3.8) is 0 Å². The van der Waals surface area contributed by atoms with E-state index in [1.165, 1.54) is 5.56 Å². The number of hydrogen-bond acceptors (Lipinski definition) is 4. The quantitative estimate of drug-likeness (QED) is 0.770.